The molecule has 0 unspecified atom stereocenters. The first-order valence-electron chi connectivity index (χ1n) is 9.74. The third-order valence-corrected chi connectivity index (χ3v) is 6.63. The molecule has 0 N–H and O–H groups in total. The van der Waals surface area contributed by atoms with Crippen LogP contribution in [0.15, 0.2) is 60.7 Å². The molecule has 0 radical (unpaired) electrons. The molecule has 3 aromatic rings. The molecule has 4 rings (SSSR count). The highest BCUT2D eigenvalue weighted by Gasteiger charge is 2.29. The van der Waals surface area contributed by atoms with E-state index < -0.39 is 0 Å². The van der Waals surface area contributed by atoms with E-state index in [1.807, 2.05) is 67.6 Å². The number of nitrogens with zero attached hydrogens (tertiary/aromatic N) is 1. The zero-order chi connectivity index (χ0) is 19.5. The molecular formula is C24H23NO2S. The average Bonchev–Trinajstić information content (AvgIpc) is 3.11. The first kappa shape index (κ1) is 18.6. The molecule has 0 saturated carbocycles. The van der Waals surface area contributed by atoms with Gasteiger partial charge in [0.1, 0.15) is 5.00 Å². The van der Waals surface area contributed by atoms with Gasteiger partial charge in [-0.25, -0.2) is 0 Å². The molecule has 1 aliphatic heterocycles. The van der Waals surface area contributed by atoms with E-state index >= 15 is 0 Å². The van der Waals surface area contributed by atoms with Gasteiger partial charge in [-0.2, -0.15) is 0 Å². The minimum Gasteiger partial charge on any atom is -0.363 e. The summed E-state index contributed by atoms with van der Waals surface area (Å²) >= 11 is 1.47. The highest BCUT2D eigenvalue weighted by Crippen LogP contribution is 2.39. The normalized spacial score (nSPS) is 14.1. The van der Waals surface area contributed by atoms with Crippen LogP contribution in [0.4, 0.5) is 5.00 Å². The van der Waals surface area contributed by atoms with Crippen LogP contribution in [0, 0.1) is 6.92 Å². The Hall–Kier alpha value is -2.72. The number of thiophene rings is 1. The fourth-order valence-corrected chi connectivity index (χ4v) is 5.07. The van der Waals surface area contributed by atoms with Crippen molar-refractivity contribution in [2.75, 3.05) is 18.0 Å². The highest BCUT2D eigenvalue weighted by atomic mass is 32.1. The lowest BCUT2D eigenvalue weighted by Crippen LogP contribution is -2.30. The molecule has 142 valence electrons. The van der Waals surface area contributed by atoms with Crippen LogP contribution in [-0.2, 0) is 0 Å². The average molecular weight is 390 g/mol. The molecule has 1 fully saturated rings. The third kappa shape index (κ3) is 3.52. The van der Waals surface area contributed by atoms with E-state index in [0.717, 1.165) is 36.5 Å². The van der Waals surface area contributed by atoms with Crippen LogP contribution in [-0.4, -0.2) is 24.7 Å². The number of piperidine rings is 1. The van der Waals surface area contributed by atoms with Gasteiger partial charge in [0.2, 0.25) is 5.78 Å². The Morgan fingerprint density at radius 3 is 1.89 bits per heavy atom. The van der Waals surface area contributed by atoms with E-state index in [4.69, 9.17) is 0 Å². The molecule has 0 aliphatic carbocycles. The summed E-state index contributed by atoms with van der Waals surface area (Å²) in [6, 6.07) is 18.7. The summed E-state index contributed by atoms with van der Waals surface area (Å²) in [5.74, 6) is -0.00416. The molecule has 0 bridgehead atoms. The number of carbonyl (C=O) groups excluding carboxylic acids is 2. The van der Waals surface area contributed by atoms with Gasteiger partial charge in [0.05, 0.1) is 10.4 Å². The van der Waals surface area contributed by atoms with Crippen LogP contribution in [0.1, 0.15) is 56.0 Å². The SMILES string of the molecule is Cc1c(C(=O)c2ccccc2)sc(N2CCCCC2)c1C(=O)c1ccccc1. The largest absolute Gasteiger partial charge is 0.363 e. The van der Waals surface area contributed by atoms with Crippen LogP contribution in [0.2, 0.25) is 0 Å². The van der Waals surface area contributed by atoms with Crippen molar-refractivity contribution in [3.05, 3.63) is 87.8 Å². The Labute approximate surface area is 169 Å². The van der Waals surface area contributed by atoms with Gasteiger partial charge in [0.15, 0.2) is 5.78 Å². The molecule has 1 aliphatic rings. The fraction of sp³-hybridized carbons (Fsp3) is 0.250. The smallest absolute Gasteiger partial charge is 0.203 e. The highest BCUT2D eigenvalue weighted by molar-refractivity contribution is 7.18. The van der Waals surface area contributed by atoms with Crippen LogP contribution in [0.3, 0.4) is 0 Å². The molecule has 4 heteroatoms. The monoisotopic (exact) mass is 389 g/mol. The second-order valence-electron chi connectivity index (χ2n) is 7.17. The summed E-state index contributed by atoms with van der Waals surface area (Å²) < 4.78 is 0. The Morgan fingerprint density at radius 1 is 0.786 bits per heavy atom. The summed E-state index contributed by atoms with van der Waals surface area (Å²) in [7, 11) is 0. The Morgan fingerprint density at radius 2 is 1.32 bits per heavy atom. The van der Waals surface area contributed by atoms with Gasteiger partial charge in [0, 0.05) is 24.2 Å². The Balaban J connectivity index is 1.82. The second kappa shape index (κ2) is 8.11. The van der Waals surface area contributed by atoms with Crippen LogP contribution in [0.5, 0.6) is 0 Å². The minimum atomic E-state index is -0.00605. The van der Waals surface area contributed by atoms with Crippen molar-refractivity contribution in [1.82, 2.24) is 0 Å². The number of hydrogen-bond donors (Lipinski definition) is 0. The molecule has 28 heavy (non-hydrogen) atoms. The summed E-state index contributed by atoms with van der Waals surface area (Å²) in [6.45, 7) is 3.79. The van der Waals surface area contributed by atoms with Crippen LogP contribution >= 0.6 is 11.3 Å². The van der Waals surface area contributed by atoms with Gasteiger partial charge in [-0.15, -0.1) is 11.3 Å². The van der Waals surface area contributed by atoms with E-state index in [-0.39, 0.29) is 11.6 Å². The van der Waals surface area contributed by atoms with E-state index in [9.17, 15) is 9.59 Å². The Bertz CT molecular complexity index is 986. The third-order valence-electron chi connectivity index (χ3n) is 5.28. The van der Waals surface area contributed by atoms with Crippen molar-refractivity contribution in [3.8, 4) is 0 Å². The lowest BCUT2D eigenvalue weighted by Gasteiger charge is -2.28. The number of carbonyl (C=O) groups is 2. The fourth-order valence-electron chi connectivity index (χ4n) is 3.76. The number of hydrogen-bond acceptors (Lipinski definition) is 4. The zero-order valence-electron chi connectivity index (χ0n) is 16.0. The van der Waals surface area contributed by atoms with Gasteiger partial charge in [-0.05, 0) is 31.7 Å². The number of anilines is 1. The maximum absolute atomic E-state index is 13.4. The van der Waals surface area contributed by atoms with Crippen molar-refractivity contribution in [2.45, 2.75) is 26.2 Å². The van der Waals surface area contributed by atoms with Crippen LogP contribution in [0.25, 0.3) is 0 Å². The number of benzene rings is 2. The Kier molecular flexibility index (Phi) is 5.40. The summed E-state index contributed by atoms with van der Waals surface area (Å²) in [6.07, 6.45) is 3.47. The molecule has 1 aromatic heterocycles. The maximum Gasteiger partial charge on any atom is 0.203 e. The standard InChI is InChI=1S/C24H23NO2S/c1-17-20(21(26)18-11-5-2-6-12-18)24(25-15-9-4-10-16-25)28-23(17)22(27)19-13-7-3-8-14-19/h2-3,5-8,11-14H,4,9-10,15-16H2,1H3. The minimum absolute atomic E-state index is 0.00188. The van der Waals surface area contributed by atoms with Gasteiger partial charge in [-0.3, -0.25) is 9.59 Å². The number of rotatable bonds is 5. The number of ketones is 2. The van der Waals surface area contributed by atoms with Crippen molar-refractivity contribution in [2.24, 2.45) is 0 Å². The second-order valence-corrected chi connectivity index (χ2v) is 8.17. The molecule has 0 atom stereocenters. The van der Waals surface area contributed by atoms with Crippen LogP contribution < -0.4 is 4.90 Å². The summed E-state index contributed by atoms with van der Waals surface area (Å²) in [4.78, 5) is 29.5. The van der Waals surface area contributed by atoms with Crippen molar-refractivity contribution in [3.63, 3.8) is 0 Å². The summed E-state index contributed by atoms with van der Waals surface area (Å²) in [5.41, 5.74) is 2.82. The van der Waals surface area contributed by atoms with Gasteiger partial charge < -0.3 is 4.90 Å². The predicted molar refractivity (Wildman–Crippen MR) is 115 cm³/mol. The molecule has 0 amide bonds. The first-order valence-corrected chi connectivity index (χ1v) is 10.6. The van der Waals surface area contributed by atoms with Gasteiger partial charge in [0.25, 0.3) is 0 Å². The lowest BCUT2D eigenvalue weighted by atomic mass is 9.98. The molecular weight excluding hydrogens is 366 g/mol. The topological polar surface area (TPSA) is 37.4 Å². The molecule has 2 heterocycles. The molecule has 2 aromatic carbocycles. The van der Waals surface area contributed by atoms with Crippen molar-refractivity contribution < 1.29 is 9.59 Å². The van der Waals surface area contributed by atoms with E-state index in [0.29, 0.717) is 21.6 Å². The van der Waals surface area contributed by atoms with Crippen molar-refractivity contribution in [1.29, 1.82) is 0 Å². The van der Waals surface area contributed by atoms with Gasteiger partial charge in [-0.1, -0.05) is 60.7 Å². The zero-order valence-corrected chi connectivity index (χ0v) is 16.8. The quantitative estimate of drug-likeness (QED) is 0.540. The van der Waals surface area contributed by atoms with E-state index in [2.05, 4.69) is 4.90 Å². The van der Waals surface area contributed by atoms with E-state index in [1.165, 1.54) is 17.8 Å². The molecule has 1 saturated heterocycles. The summed E-state index contributed by atoms with van der Waals surface area (Å²) in [5, 5.41) is 0.949. The molecule has 3 nitrogen and oxygen atoms in total. The first-order chi connectivity index (χ1) is 13.7. The molecule has 0 spiro atoms. The predicted octanol–water partition coefficient (Wildman–Crippen LogP) is 5.51. The lowest BCUT2D eigenvalue weighted by molar-refractivity contribution is 0.103. The van der Waals surface area contributed by atoms with Crippen molar-refractivity contribution >= 4 is 27.9 Å². The maximum atomic E-state index is 13.4. The van der Waals surface area contributed by atoms with Gasteiger partial charge >= 0.3 is 0 Å². The van der Waals surface area contributed by atoms with E-state index in [1.54, 1.807) is 0 Å².